The van der Waals surface area contributed by atoms with Crippen molar-refractivity contribution in [1.82, 2.24) is 0 Å². The van der Waals surface area contributed by atoms with Crippen molar-refractivity contribution in [3.05, 3.63) is 34.3 Å². The average Bonchev–Trinajstić information content (AvgIpc) is 3.02. The van der Waals surface area contributed by atoms with E-state index in [1.165, 1.54) is 18.4 Å². The zero-order chi connectivity index (χ0) is 10.9. The average molecular weight is 268 g/mol. The summed E-state index contributed by atoms with van der Waals surface area (Å²) in [5.41, 5.74) is 1.10. The summed E-state index contributed by atoms with van der Waals surface area (Å²) >= 11 is 3.42. The molecule has 1 aromatic rings. The Morgan fingerprint density at radius 3 is 2.47 bits per heavy atom. The Balaban J connectivity index is 2.35. The van der Waals surface area contributed by atoms with Crippen molar-refractivity contribution in [3.63, 3.8) is 0 Å². The second-order valence-electron chi connectivity index (χ2n) is 4.31. The number of rotatable bonds is 3. The van der Waals surface area contributed by atoms with Gasteiger partial charge in [0.1, 0.15) is 0 Å². The van der Waals surface area contributed by atoms with Crippen molar-refractivity contribution in [2.45, 2.75) is 25.2 Å². The first-order chi connectivity index (χ1) is 7.16. The lowest BCUT2D eigenvalue weighted by molar-refractivity contribution is 0.315. The molecule has 1 saturated carbocycles. The summed E-state index contributed by atoms with van der Waals surface area (Å²) in [6.07, 6.45) is 4.10. The summed E-state index contributed by atoms with van der Waals surface area (Å²) in [7, 11) is 0. The van der Waals surface area contributed by atoms with Crippen LogP contribution < -0.4 is 0 Å². The Morgan fingerprint density at radius 1 is 1.40 bits per heavy atom. The molecule has 80 valence electrons. The third kappa shape index (κ3) is 2.07. The molecule has 1 N–H and O–H groups in total. The van der Waals surface area contributed by atoms with E-state index in [4.69, 9.17) is 5.21 Å². The van der Waals surface area contributed by atoms with E-state index in [0.29, 0.717) is 5.92 Å². The van der Waals surface area contributed by atoms with Crippen LogP contribution in [0.3, 0.4) is 0 Å². The number of halogens is 1. The molecule has 15 heavy (non-hydrogen) atoms. The highest BCUT2D eigenvalue weighted by atomic mass is 79.9. The molecule has 2 rings (SSSR count). The second-order valence-corrected chi connectivity index (χ2v) is 5.22. The molecule has 1 aliphatic carbocycles. The zero-order valence-corrected chi connectivity index (χ0v) is 10.2. The fourth-order valence-corrected chi connectivity index (χ4v) is 2.29. The molecule has 0 spiro atoms. The quantitative estimate of drug-likeness (QED) is 0.507. The van der Waals surface area contributed by atoms with Gasteiger partial charge in [0.05, 0.1) is 6.21 Å². The van der Waals surface area contributed by atoms with E-state index in [0.717, 1.165) is 4.47 Å². The van der Waals surface area contributed by atoms with Crippen molar-refractivity contribution in [3.8, 4) is 0 Å². The predicted molar refractivity (Wildman–Crippen MR) is 64.5 cm³/mol. The van der Waals surface area contributed by atoms with Crippen molar-refractivity contribution in [2.24, 2.45) is 11.1 Å². The van der Waals surface area contributed by atoms with Crippen LogP contribution in [0.5, 0.6) is 0 Å². The van der Waals surface area contributed by atoms with Gasteiger partial charge in [-0.1, -0.05) is 35.0 Å². The van der Waals surface area contributed by atoms with Gasteiger partial charge in [0.15, 0.2) is 0 Å². The molecule has 0 aliphatic heterocycles. The van der Waals surface area contributed by atoms with Crippen molar-refractivity contribution in [1.29, 1.82) is 0 Å². The fraction of sp³-hybridized carbons (Fsp3) is 0.417. The normalized spacial score (nSPS) is 20.4. The molecule has 1 atom stereocenters. The van der Waals surface area contributed by atoms with Crippen LogP contribution in [0.4, 0.5) is 0 Å². The van der Waals surface area contributed by atoms with Crippen molar-refractivity contribution in [2.75, 3.05) is 0 Å². The molecule has 2 nitrogen and oxygen atoms in total. The molecule has 0 amide bonds. The van der Waals surface area contributed by atoms with Crippen LogP contribution in [-0.4, -0.2) is 11.4 Å². The van der Waals surface area contributed by atoms with E-state index in [9.17, 15) is 0 Å². The summed E-state index contributed by atoms with van der Waals surface area (Å²) in [4.78, 5) is 0. The fourth-order valence-electron chi connectivity index (χ4n) is 2.03. The highest BCUT2D eigenvalue weighted by Crippen LogP contribution is 2.46. The zero-order valence-electron chi connectivity index (χ0n) is 8.65. The van der Waals surface area contributed by atoms with Crippen LogP contribution in [-0.2, 0) is 5.41 Å². The monoisotopic (exact) mass is 267 g/mol. The molecule has 1 fully saturated rings. The minimum Gasteiger partial charge on any atom is -0.411 e. The lowest BCUT2D eigenvalue weighted by atomic mass is 9.79. The van der Waals surface area contributed by atoms with Gasteiger partial charge in [0, 0.05) is 9.89 Å². The number of oxime groups is 1. The molecule has 1 aliphatic rings. The smallest absolute Gasteiger partial charge is 0.0541 e. The largest absolute Gasteiger partial charge is 0.411 e. The summed E-state index contributed by atoms with van der Waals surface area (Å²) in [5.74, 6) is 0.620. The van der Waals surface area contributed by atoms with Gasteiger partial charge in [-0.05, 0) is 36.5 Å². The van der Waals surface area contributed by atoms with E-state index in [1.807, 2.05) is 12.1 Å². The third-order valence-corrected chi connectivity index (χ3v) is 3.75. The summed E-state index contributed by atoms with van der Waals surface area (Å²) in [6.45, 7) is 2.13. The Kier molecular flexibility index (Phi) is 2.83. The summed E-state index contributed by atoms with van der Waals surface area (Å²) in [5, 5.41) is 12.0. The highest BCUT2D eigenvalue weighted by Gasteiger charge is 2.41. The molecule has 0 heterocycles. The van der Waals surface area contributed by atoms with Crippen molar-refractivity contribution >= 4 is 22.1 Å². The summed E-state index contributed by atoms with van der Waals surface area (Å²) < 4.78 is 1.07. The lowest BCUT2D eigenvalue weighted by Crippen LogP contribution is -2.26. The molecule has 0 bridgehead atoms. The van der Waals surface area contributed by atoms with Gasteiger partial charge in [-0.2, -0.15) is 0 Å². The van der Waals surface area contributed by atoms with E-state index >= 15 is 0 Å². The van der Waals surface area contributed by atoms with Gasteiger partial charge < -0.3 is 5.21 Å². The lowest BCUT2D eigenvalue weighted by Gasteiger charge is -2.24. The van der Waals surface area contributed by atoms with Crippen molar-refractivity contribution < 1.29 is 5.21 Å². The Hall–Kier alpha value is -0.830. The first-order valence-corrected chi connectivity index (χ1v) is 5.91. The Morgan fingerprint density at radius 2 is 2.00 bits per heavy atom. The van der Waals surface area contributed by atoms with E-state index in [-0.39, 0.29) is 5.41 Å². The predicted octanol–water partition coefficient (Wildman–Crippen LogP) is 3.58. The molecule has 1 aromatic carbocycles. The van der Waals surface area contributed by atoms with Crippen LogP contribution >= 0.6 is 15.9 Å². The summed E-state index contributed by atoms with van der Waals surface area (Å²) in [6, 6.07) is 8.23. The van der Waals surface area contributed by atoms with Gasteiger partial charge in [-0.25, -0.2) is 0 Å². The van der Waals surface area contributed by atoms with Crippen LogP contribution in [0, 0.1) is 5.92 Å². The molecular formula is C12H14BrNO. The van der Waals surface area contributed by atoms with Gasteiger partial charge >= 0.3 is 0 Å². The maximum Gasteiger partial charge on any atom is 0.0541 e. The second kappa shape index (κ2) is 3.97. The van der Waals surface area contributed by atoms with Gasteiger partial charge in [0.2, 0.25) is 0 Å². The van der Waals surface area contributed by atoms with E-state index in [2.05, 4.69) is 40.1 Å². The van der Waals surface area contributed by atoms with Crippen LogP contribution in [0.15, 0.2) is 33.9 Å². The number of benzene rings is 1. The molecule has 0 aromatic heterocycles. The molecular weight excluding hydrogens is 254 g/mol. The topological polar surface area (TPSA) is 32.6 Å². The number of hydrogen-bond donors (Lipinski definition) is 1. The minimum absolute atomic E-state index is 0.116. The third-order valence-electron chi connectivity index (χ3n) is 3.22. The first-order valence-electron chi connectivity index (χ1n) is 5.11. The van der Waals surface area contributed by atoms with Gasteiger partial charge in [-0.3, -0.25) is 0 Å². The van der Waals surface area contributed by atoms with Gasteiger partial charge in [0.25, 0.3) is 0 Å². The van der Waals surface area contributed by atoms with Crippen LogP contribution in [0.25, 0.3) is 0 Å². The first kappa shape index (κ1) is 10.7. The maximum absolute atomic E-state index is 8.75. The maximum atomic E-state index is 8.75. The van der Waals surface area contributed by atoms with E-state index < -0.39 is 0 Å². The number of hydrogen-bond acceptors (Lipinski definition) is 2. The molecule has 0 unspecified atom stereocenters. The minimum atomic E-state index is -0.116. The standard InChI is InChI=1S/C12H14BrNO/c1-12(8-14-15,9-2-3-9)10-4-6-11(13)7-5-10/h4-9,15H,2-3H2,1H3/b14-8+/t12-/m1/s1. The van der Waals surface area contributed by atoms with Crippen LogP contribution in [0.2, 0.25) is 0 Å². The van der Waals surface area contributed by atoms with E-state index in [1.54, 1.807) is 6.21 Å². The Bertz CT molecular complexity index is 370. The molecule has 0 saturated heterocycles. The molecule has 0 radical (unpaired) electrons. The number of nitrogens with zero attached hydrogens (tertiary/aromatic N) is 1. The Labute approximate surface area is 98.1 Å². The van der Waals surface area contributed by atoms with Crippen LogP contribution in [0.1, 0.15) is 25.3 Å². The van der Waals surface area contributed by atoms with Gasteiger partial charge in [-0.15, -0.1) is 5.16 Å². The SMILES string of the molecule is C[C@](/C=N/O)(c1ccc(Br)cc1)C1CC1. The highest BCUT2D eigenvalue weighted by molar-refractivity contribution is 9.10. The molecule has 3 heteroatoms.